The van der Waals surface area contributed by atoms with Crippen molar-refractivity contribution in [1.29, 1.82) is 0 Å². The Morgan fingerprint density at radius 2 is 2.15 bits per heavy atom. The molecule has 108 valence electrons. The largest absolute Gasteiger partial charge is 0.326 e. The minimum atomic E-state index is -0.0846. The Morgan fingerprint density at radius 1 is 1.40 bits per heavy atom. The first-order valence-corrected chi connectivity index (χ1v) is 8.16. The highest BCUT2D eigenvalue weighted by Gasteiger charge is 2.42. The van der Waals surface area contributed by atoms with Gasteiger partial charge in [0.1, 0.15) is 5.82 Å². The summed E-state index contributed by atoms with van der Waals surface area (Å²) >= 11 is 12.4. The van der Waals surface area contributed by atoms with Crippen molar-refractivity contribution >= 4 is 34.2 Å². The predicted octanol–water partition coefficient (Wildman–Crippen LogP) is 5.57. The average molecular weight is 311 g/mol. The maximum absolute atomic E-state index is 6.33. The van der Waals surface area contributed by atoms with Gasteiger partial charge >= 0.3 is 0 Å². The molecule has 1 heterocycles. The van der Waals surface area contributed by atoms with Crippen molar-refractivity contribution in [3.8, 4) is 0 Å². The summed E-state index contributed by atoms with van der Waals surface area (Å²) < 4.78 is 2.31. The molecule has 20 heavy (non-hydrogen) atoms. The summed E-state index contributed by atoms with van der Waals surface area (Å²) in [5, 5.41) is 0.643. The molecule has 1 fully saturated rings. The molecule has 1 unspecified atom stereocenters. The highest BCUT2D eigenvalue weighted by atomic mass is 35.5. The molecule has 2 aromatic rings. The number of hydrogen-bond acceptors (Lipinski definition) is 1. The van der Waals surface area contributed by atoms with Crippen LogP contribution in [0.5, 0.6) is 0 Å². The fourth-order valence-electron chi connectivity index (χ4n) is 3.12. The molecule has 0 radical (unpaired) electrons. The van der Waals surface area contributed by atoms with Crippen LogP contribution in [0.15, 0.2) is 18.2 Å². The summed E-state index contributed by atoms with van der Waals surface area (Å²) in [6.45, 7) is 5.28. The van der Waals surface area contributed by atoms with Gasteiger partial charge in [-0.3, -0.25) is 0 Å². The number of aromatic nitrogens is 2. The Labute approximate surface area is 130 Å². The van der Waals surface area contributed by atoms with Crippen LogP contribution >= 0.6 is 23.2 Å². The third kappa shape index (κ3) is 2.56. The van der Waals surface area contributed by atoms with Crippen LogP contribution in [-0.4, -0.2) is 9.55 Å². The molecule has 3 rings (SSSR count). The lowest BCUT2D eigenvalue weighted by Gasteiger charge is -2.18. The van der Waals surface area contributed by atoms with Crippen molar-refractivity contribution in [3.05, 3.63) is 29.0 Å². The molecule has 0 amide bonds. The maximum atomic E-state index is 6.33. The van der Waals surface area contributed by atoms with Gasteiger partial charge in [-0.2, -0.15) is 0 Å². The number of benzene rings is 1. The van der Waals surface area contributed by atoms with Crippen LogP contribution in [-0.2, 0) is 6.54 Å². The molecule has 1 atom stereocenters. The molecule has 1 saturated carbocycles. The van der Waals surface area contributed by atoms with Crippen LogP contribution in [0.2, 0.25) is 5.02 Å². The highest BCUT2D eigenvalue weighted by Crippen LogP contribution is 2.51. The molecular weight excluding hydrogens is 291 g/mol. The number of halogens is 2. The summed E-state index contributed by atoms with van der Waals surface area (Å²) in [4.78, 5) is 4.69. The van der Waals surface area contributed by atoms with Gasteiger partial charge in [0.2, 0.25) is 0 Å². The Morgan fingerprint density at radius 3 is 2.75 bits per heavy atom. The van der Waals surface area contributed by atoms with Crippen molar-refractivity contribution in [3.63, 3.8) is 0 Å². The Bertz CT molecular complexity index is 627. The van der Waals surface area contributed by atoms with E-state index in [-0.39, 0.29) is 5.38 Å². The van der Waals surface area contributed by atoms with E-state index in [0.29, 0.717) is 5.41 Å². The van der Waals surface area contributed by atoms with Crippen LogP contribution in [0.4, 0.5) is 0 Å². The van der Waals surface area contributed by atoms with Crippen molar-refractivity contribution in [2.24, 2.45) is 5.41 Å². The van der Waals surface area contributed by atoms with E-state index in [9.17, 15) is 0 Å². The SMILES string of the molecule is CCCC1(Cn2c(C(C)Cl)nc3cc(Cl)ccc32)CC1. The minimum Gasteiger partial charge on any atom is -0.326 e. The smallest absolute Gasteiger partial charge is 0.127 e. The van der Waals surface area contributed by atoms with Gasteiger partial charge in [-0.05, 0) is 49.8 Å². The van der Waals surface area contributed by atoms with Crippen LogP contribution < -0.4 is 0 Å². The lowest BCUT2D eigenvalue weighted by atomic mass is 10.0. The molecule has 4 heteroatoms. The molecule has 1 aliphatic rings. The normalized spacial score (nSPS) is 18.4. The molecular formula is C16H20Cl2N2. The number of imidazole rings is 1. The fourth-order valence-corrected chi connectivity index (χ4v) is 3.45. The van der Waals surface area contributed by atoms with Gasteiger partial charge in [0.15, 0.2) is 0 Å². The first kappa shape index (κ1) is 14.2. The summed E-state index contributed by atoms with van der Waals surface area (Å²) in [7, 11) is 0. The van der Waals surface area contributed by atoms with Crippen molar-refractivity contribution in [1.82, 2.24) is 9.55 Å². The summed E-state index contributed by atoms with van der Waals surface area (Å²) in [6, 6.07) is 5.93. The first-order chi connectivity index (χ1) is 9.54. The van der Waals surface area contributed by atoms with E-state index in [1.807, 2.05) is 19.1 Å². The molecule has 2 nitrogen and oxygen atoms in total. The summed E-state index contributed by atoms with van der Waals surface area (Å²) in [5.74, 6) is 0.964. The Hall–Kier alpha value is -0.730. The fraction of sp³-hybridized carbons (Fsp3) is 0.562. The van der Waals surface area contributed by atoms with Gasteiger partial charge in [0.25, 0.3) is 0 Å². The van der Waals surface area contributed by atoms with Crippen LogP contribution in [0.1, 0.15) is 50.7 Å². The molecule has 1 aromatic carbocycles. The zero-order valence-electron chi connectivity index (χ0n) is 12.0. The molecule has 0 N–H and O–H groups in total. The molecule has 1 aliphatic carbocycles. The van der Waals surface area contributed by atoms with E-state index in [1.54, 1.807) is 0 Å². The minimum absolute atomic E-state index is 0.0846. The Kier molecular flexibility index (Phi) is 3.72. The molecule has 0 spiro atoms. The molecule has 0 aliphatic heterocycles. The van der Waals surface area contributed by atoms with E-state index < -0.39 is 0 Å². The lowest BCUT2D eigenvalue weighted by Crippen LogP contribution is -2.14. The zero-order valence-corrected chi connectivity index (χ0v) is 13.5. The molecule has 0 saturated heterocycles. The van der Waals surface area contributed by atoms with Crippen molar-refractivity contribution in [2.45, 2.75) is 51.5 Å². The zero-order chi connectivity index (χ0) is 14.3. The van der Waals surface area contributed by atoms with Gasteiger partial charge < -0.3 is 4.57 Å². The monoisotopic (exact) mass is 310 g/mol. The first-order valence-electron chi connectivity index (χ1n) is 7.34. The van der Waals surface area contributed by atoms with Gasteiger partial charge in [-0.15, -0.1) is 11.6 Å². The van der Waals surface area contributed by atoms with Gasteiger partial charge in [-0.1, -0.05) is 24.9 Å². The Balaban J connectivity index is 2.05. The van der Waals surface area contributed by atoms with Crippen LogP contribution in [0, 0.1) is 5.41 Å². The summed E-state index contributed by atoms with van der Waals surface area (Å²) in [6.07, 6.45) is 5.18. The second-order valence-corrected chi connectivity index (χ2v) is 7.15. The van der Waals surface area contributed by atoms with Crippen LogP contribution in [0.3, 0.4) is 0 Å². The highest BCUT2D eigenvalue weighted by molar-refractivity contribution is 6.31. The van der Waals surface area contributed by atoms with Gasteiger partial charge in [-0.25, -0.2) is 4.98 Å². The number of fused-ring (bicyclic) bond motifs is 1. The number of rotatable bonds is 5. The summed E-state index contributed by atoms with van der Waals surface area (Å²) in [5.41, 5.74) is 2.58. The second-order valence-electron chi connectivity index (χ2n) is 6.06. The van der Waals surface area contributed by atoms with Crippen molar-refractivity contribution < 1.29 is 0 Å². The van der Waals surface area contributed by atoms with Crippen LogP contribution in [0.25, 0.3) is 11.0 Å². The lowest BCUT2D eigenvalue weighted by molar-refractivity contribution is 0.387. The van der Waals surface area contributed by atoms with E-state index in [1.165, 1.54) is 25.7 Å². The number of alkyl halides is 1. The van der Waals surface area contributed by atoms with Gasteiger partial charge in [0.05, 0.1) is 16.4 Å². The van der Waals surface area contributed by atoms with E-state index >= 15 is 0 Å². The third-order valence-corrected chi connectivity index (χ3v) is 4.76. The standard InChI is InChI=1S/C16H20Cl2N2/c1-3-6-16(7-8-16)10-20-14-5-4-12(18)9-13(14)19-15(20)11(2)17/h4-5,9,11H,3,6-8,10H2,1-2H3. The molecule has 0 bridgehead atoms. The average Bonchev–Trinajstić information content (AvgIpc) is 3.05. The molecule has 1 aromatic heterocycles. The third-order valence-electron chi connectivity index (χ3n) is 4.33. The quantitative estimate of drug-likeness (QED) is 0.660. The van der Waals surface area contributed by atoms with Crippen molar-refractivity contribution in [2.75, 3.05) is 0 Å². The number of nitrogens with zero attached hydrogens (tertiary/aromatic N) is 2. The maximum Gasteiger partial charge on any atom is 0.127 e. The second kappa shape index (κ2) is 5.23. The number of hydrogen-bond donors (Lipinski definition) is 0. The van der Waals surface area contributed by atoms with E-state index in [2.05, 4.69) is 17.6 Å². The van der Waals surface area contributed by atoms with E-state index in [0.717, 1.165) is 28.4 Å². The predicted molar refractivity (Wildman–Crippen MR) is 85.6 cm³/mol. The topological polar surface area (TPSA) is 17.8 Å². The van der Waals surface area contributed by atoms with E-state index in [4.69, 9.17) is 28.2 Å². The van der Waals surface area contributed by atoms with Gasteiger partial charge in [0, 0.05) is 11.6 Å².